The minimum Gasteiger partial charge on any atom is -0.370 e. The van der Waals surface area contributed by atoms with Crippen LogP contribution < -0.4 is 5.73 Å². The summed E-state index contributed by atoms with van der Waals surface area (Å²) >= 11 is 0. The van der Waals surface area contributed by atoms with Crippen molar-refractivity contribution in [3.05, 3.63) is 35.9 Å². The van der Waals surface area contributed by atoms with E-state index in [1.54, 1.807) is 4.31 Å². The largest absolute Gasteiger partial charge is 0.370 e. The molecule has 1 aliphatic heterocycles. The van der Waals surface area contributed by atoms with Crippen LogP contribution in [-0.4, -0.2) is 42.6 Å². The summed E-state index contributed by atoms with van der Waals surface area (Å²) in [5.74, 6) is -0.492. The van der Waals surface area contributed by atoms with E-state index >= 15 is 0 Å². The molecule has 2 rings (SSSR count). The first kappa shape index (κ1) is 17.9. The molecule has 1 aromatic carbocycles. The van der Waals surface area contributed by atoms with Gasteiger partial charge in [-0.3, -0.25) is 4.79 Å². The maximum Gasteiger partial charge on any atom is 0.282 e. The third-order valence-electron chi connectivity index (χ3n) is 4.03. The van der Waals surface area contributed by atoms with E-state index in [9.17, 15) is 13.2 Å². The molecule has 0 aromatic heterocycles. The van der Waals surface area contributed by atoms with Crippen LogP contribution in [0.1, 0.15) is 37.7 Å². The molecule has 1 aromatic rings. The van der Waals surface area contributed by atoms with Gasteiger partial charge in [0.15, 0.2) is 0 Å². The summed E-state index contributed by atoms with van der Waals surface area (Å²) in [4.78, 5) is 11.1. The molecule has 0 spiro atoms. The van der Waals surface area contributed by atoms with Crippen molar-refractivity contribution in [1.82, 2.24) is 8.61 Å². The first-order chi connectivity index (χ1) is 11.0. The van der Waals surface area contributed by atoms with Gasteiger partial charge in [0, 0.05) is 32.6 Å². The second kappa shape index (κ2) is 8.42. The van der Waals surface area contributed by atoms with Crippen LogP contribution in [0.3, 0.4) is 0 Å². The van der Waals surface area contributed by atoms with Crippen LogP contribution >= 0.6 is 0 Å². The van der Waals surface area contributed by atoms with E-state index in [4.69, 9.17) is 5.73 Å². The Bertz CT molecular complexity index is 596. The maximum atomic E-state index is 13.0. The summed E-state index contributed by atoms with van der Waals surface area (Å²) in [6.07, 6.45) is 3.92. The summed E-state index contributed by atoms with van der Waals surface area (Å²) in [6, 6.07) is 9.41. The zero-order valence-corrected chi connectivity index (χ0v) is 14.2. The number of amides is 1. The van der Waals surface area contributed by atoms with Crippen LogP contribution in [-0.2, 0) is 21.5 Å². The van der Waals surface area contributed by atoms with Crippen LogP contribution in [0.5, 0.6) is 0 Å². The molecule has 2 N–H and O–H groups in total. The quantitative estimate of drug-likeness (QED) is 0.817. The Morgan fingerprint density at radius 3 is 2.26 bits per heavy atom. The van der Waals surface area contributed by atoms with Gasteiger partial charge in [-0.2, -0.15) is 17.0 Å². The maximum absolute atomic E-state index is 13.0. The van der Waals surface area contributed by atoms with E-state index in [1.165, 1.54) is 4.31 Å². The van der Waals surface area contributed by atoms with Gasteiger partial charge in [-0.05, 0) is 18.4 Å². The average Bonchev–Trinajstić information content (AvgIpc) is 2.82. The molecule has 6 nitrogen and oxygen atoms in total. The van der Waals surface area contributed by atoms with Crippen molar-refractivity contribution < 1.29 is 13.2 Å². The Morgan fingerprint density at radius 2 is 1.70 bits per heavy atom. The molecule has 0 aliphatic carbocycles. The minimum atomic E-state index is -3.58. The molecule has 128 valence electrons. The highest BCUT2D eigenvalue weighted by atomic mass is 32.2. The predicted molar refractivity (Wildman–Crippen MR) is 89.6 cm³/mol. The molecule has 23 heavy (non-hydrogen) atoms. The molecule has 0 saturated carbocycles. The van der Waals surface area contributed by atoms with Gasteiger partial charge in [0.05, 0.1) is 0 Å². The van der Waals surface area contributed by atoms with Crippen LogP contribution in [0, 0.1) is 0 Å². The molecule has 1 amide bonds. The summed E-state index contributed by atoms with van der Waals surface area (Å²) in [5, 5.41) is 0. The number of benzene rings is 1. The highest BCUT2D eigenvalue weighted by molar-refractivity contribution is 7.86. The molecule has 0 unspecified atom stereocenters. The molecule has 1 aliphatic rings. The minimum absolute atomic E-state index is 0.0277. The highest BCUT2D eigenvalue weighted by Crippen LogP contribution is 2.19. The molecule has 1 saturated heterocycles. The molecular formula is C16H25N3O3S. The van der Waals surface area contributed by atoms with Crippen LogP contribution in [0.25, 0.3) is 0 Å². The molecule has 0 atom stereocenters. The summed E-state index contributed by atoms with van der Waals surface area (Å²) in [7, 11) is -3.58. The number of hydrogen-bond acceptors (Lipinski definition) is 3. The van der Waals surface area contributed by atoms with E-state index in [0.29, 0.717) is 13.1 Å². The summed E-state index contributed by atoms with van der Waals surface area (Å²) < 4.78 is 28.8. The van der Waals surface area contributed by atoms with Crippen molar-refractivity contribution >= 4 is 16.1 Å². The first-order valence-corrected chi connectivity index (χ1v) is 9.47. The molecule has 0 radical (unpaired) electrons. The fourth-order valence-corrected chi connectivity index (χ4v) is 4.41. The van der Waals surface area contributed by atoms with E-state index in [-0.39, 0.29) is 19.5 Å². The standard InChI is InChI=1S/C16H25N3O3S/c17-16(20)10-13-19(14-15-8-4-3-5-9-15)23(21,22)18-11-6-1-2-7-12-18/h3-5,8-9H,1-2,6-7,10-14H2,(H2,17,20). The number of hydrogen-bond donors (Lipinski definition) is 1. The molecule has 1 fully saturated rings. The van der Waals surface area contributed by atoms with Gasteiger partial charge in [-0.25, -0.2) is 0 Å². The fraction of sp³-hybridized carbons (Fsp3) is 0.562. The van der Waals surface area contributed by atoms with Gasteiger partial charge in [-0.1, -0.05) is 43.2 Å². The predicted octanol–water partition coefficient (Wildman–Crippen LogP) is 1.48. The van der Waals surface area contributed by atoms with Crippen molar-refractivity contribution in [3.63, 3.8) is 0 Å². The Kier molecular flexibility index (Phi) is 6.56. The van der Waals surface area contributed by atoms with E-state index in [0.717, 1.165) is 31.2 Å². The summed E-state index contributed by atoms with van der Waals surface area (Å²) in [5.41, 5.74) is 6.11. The average molecular weight is 339 g/mol. The van der Waals surface area contributed by atoms with Crippen molar-refractivity contribution in [2.75, 3.05) is 19.6 Å². The van der Waals surface area contributed by atoms with Crippen molar-refractivity contribution in [2.45, 2.75) is 38.6 Å². The topological polar surface area (TPSA) is 83.7 Å². The Hall–Kier alpha value is -1.44. The van der Waals surface area contributed by atoms with Gasteiger partial charge >= 0.3 is 0 Å². The first-order valence-electron chi connectivity index (χ1n) is 8.07. The van der Waals surface area contributed by atoms with Crippen LogP contribution in [0.4, 0.5) is 0 Å². The van der Waals surface area contributed by atoms with Crippen molar-refractivity contribution in [3.8, 4) is 0 Å². The number of primary amides is 1. The van der Waals surface area contributed by atoms with Crippen molar-refractivity contribution in [2.24, 2.45) is 5.73 Å². The van der Waals surface area contributed by atoms with Crippen LogP contribution in [0.2, 0.25) is 0 Å². The number of nitrogens with zero attached hydrogens (tertiary/aromatic N) is 2. The molecule has 7 heteroatoms. The number of rotatable bonds is 7. The highest BCUT2D eigenvalue weighted by Gasteiger charge is 2.30. The Labute approximate surface area is 138 Å². The van der Waals surface area contributed by atoms with E-state index in [1.807, 2.05) is 30.3 Å². The van der Waals surface area contributed by atoms with Crippen LogP contribution in [0.15, 0.2) is 30.3 Å². The second-order valence-electron chi connectivity index (χ2n) is 5.86. The third-order valence-corrected chi connectivity index (χ3v) is 6.01. The number of nitrogens with two attached hydrogens (primary N) is 1. The van der Waals surface area contributed by atoms with E-state index < -0.39 is 16.1 Å². The Morgan fingerprint density at radius 1 is 1.09 bits per heavy atom. The molecule has 0 bridgehead atoms. The Balaban J connectivity index is 2.17. The molecule has 1 heterocycles. The SMILES string of the molecule is NC(=O)CCN(Cc1ccccc1)S(=O)(=O)N1CCCCCC1. The lowest BCUT2D eigenvalue weighted by atomic mass is 10.2. The zero-order valence-electron chi connectivity index (χ0n) is 13.4. The van der Waals surface area contributed by atoms with Gasteiger partial charge in [0.1, 0.15) is 0 Å². The second-order valence-corrected chi connectivity index (χ2v) is 7.78. The lowest BCUT2D eigenvalue weighted by molar-refractivity contribution is -0.118. The lowest BCUT2D eigenvalue weighted by Gasteiger charge is -2.29. The number of carbonyl (C=O) groups is 1. The summed E-state index contributed by atoms with van der Waals surface area (Å²) in [6.45, 7) is 1.46. The number of carbonyl (C=O) groups excluding carboxylic acids is 1. The van der Waals surface area contributed by atoms with Gasteiger partial charge < -0.3 is 5.73 Å². The smallest absolute Gasteiger partial charge is 0.282 e. The zero-order chi connectivity index (χ0) is 16.7. The monoisotopic (exact) mass is 339 g/mol. The van der Waals surface area contributed by atoms with E-state index in [2.05, 4.69) is 0 Å². The lowest BCUT2D eigenvalue weighted by Crippen LogP contribution is -2.45. The fourth-order valence-electron chi connectivity index (χ4n) is 2.73. The van der Waals surface area contributed by atoms with Gasteiger partial charge in [-0.15, -0.1) is 0 Å². The normalized spacial score (nSPS) is 17.1. The van der Waals surface area contributed by atoms with Crippen molar-refractivity contribution in [1.29, 1.82) is 0 Å². The van der Waals surface area contributed by atoms with Gasteiger partial charge in [0.25, 0.3) is 10.2 Å². The third kappa shape index (κ3) is 5.30. The molecular weight excluding hydrogens is 314 g/mol. The van der Waals surface area contributed by atoms with Gasteiger partial charge in [0.2, 0.25) is 5.91 Å².